The molecule has 0 radical (unpaired) electrons. The number of hydrogen-bond donors (Lipinski definition) is 1. The fraction of sp³-hybridized carbons (Fsp3) is 0.312. The van der Waals surface area contributed by atoms with E-state index in [1.807, 2.05) is 37.5 Å². The number of aryl methyl sites for hydroxylation is 2. The molecule has 1 atom stereocenters. The summed E-state index contributed by atoms with van der Waals surface area (Å²) >= 11 is 0. The van der Waals surface area contributed by atoms with Gasteiger partial charge in [0.05, 0.1) is 12.0 Å². The summed E-state index contributed by atoms with van der Waals surface area (Å²) < 4.78 is 5.61. The number of anilines is 2. The molecule has 0 spiro atoms. The third-order valence-electron chi connectivity index (χ3n) is 7.73. The highest BCUT2D eigenvalue weighted by molar-refractivity contribution is 5.85. The van der Waals surface area contributed by atoms with Crippen molar-refractivity contribution in [3.8, 4) is 22.4 Å². The number of aromatic nitrogens is 4. The predicted octanol–water partition coefficient (Wildman–Crippen LogP) is 6.28. The normalized spacial score (nSPS) is 14.9. The zero-order valence-corrected chi connectivity index (χ0v) is 23.6. The van der Waals surface area contributed by atoms with Gasteiger partial charge in [-0.1, -0.05) is 25.1 Å². The molecule has 40 heavy (non-hydrogen) atoms. The fourth-order valence-corrected chi connectivity index (χ4v) is 5.30. The third-order valence-corrected chi connectivity index (χ3v) is 7.73. The summed E-state index contributed by atoms with van der Waals surface area (Å²) in [5.74, 6) is 2.32. The monoisotopic (exact) mass is 533 g/mol. The van der Waals surface area contributed by atoms with Crippen LogP contribution in [0.4, 0.5) is 11.8 Å². The lowest BCUT2D eigenvalue weighted by molar-refractivity contribution is 0.270. The molecule has 8 heteroatoms. The SMILES string of the molecule is CCN1CCN(c2ncc(-c3cccc(C(C)Nc4cc(-c5ccc6occ(C)c6c5)nc(C)n4)c3)cn2)CC1. The molecular weight excluding hydrogens is 498 g/mol. The Morgan fingerprint density at radius 1 is 0.900 bits per heavy atom. The maximum atomic E-state index is 5.61. The second-order valence-corrected chi connectivity index (χ2v) is 10.5. The van der Waals surface area contributed by atoms with Gasteiger partial charge in [-0.15, -0.1) is 0 Å². The quantitative estimate of drug-likeness (QED) is 0.262. The molecule has 204 valence electrons. The van der Waals surface area contributed by atoms with E-state index >= 15 is 0 Å². The second-order valence-electron chi connectivity index (χ2n) is 10.5. The largest absolute Gasteiger partial charge is 0.464 e. The number of rotatable bonds is 7. The van der Waals surface area contributed by atoms with Crippen LogP contribution < -0.4 is 10.2 Å². The van der Waals surface area contributed by atoms with Crippen molar-refractivity contribution in [2.75, 3.05) is 42.9 Å². The zero-order chi connectivity index (χ0) is 27.6. The van der Waals surface area contributed by atoms with Crippen molar-refractivity contribution >= 4 is 22.7 Å². The van der Waals surface area contributed by atoms with Gasteiger partial charge in [0.2, 0.25) is 5.95 Å². The van der Waals surface area contributed by atoms with Gasteiger partial charge in [0, 0.05) is 67.2 Å². The molecule has 1 fully saturated rings. The van der Waals surface area contributed by atoms with E-state index in [1.54, 1.807) is 6.26 Å². The van der Waals surface area contributed by atoms with Crippen LogP contribution >= 0.6 is 0 Å². The second kappa shape index (κ2) is 11.1. The van der Waals surface area contributed by atoms with E-state index in [-0.39, 0.29) is 6.04 Å². The first-order valence-corrected chi connectivity index (χ1v) is 14.0. The van der Waals surface area contributed by atoms with Gasteiger partial charge in [-0.3, -0.25) is 0 Å². The highest BCUT2D eigenvalue weighted by atomic mass is 16.3. The first kappa shape index (κ1) is 26.0. The Bertz CT molecular complexity index is 1620. The van der Waals surface area contributed by atoms with E-state index in [2.05, 4.69) is 71.2 Å². The molecule has 1 N–H and O–H groups in total. The van der Waals surface area contributed by atoms with Crippen molar-refractivity contribution in [1.29, 1.82) is 0 Å². The summed E-state index contributed by atoms with van der Waals surface area (Å²) in [4.78, 5) is 23.5. The lowest BCUT2D eigenvalue weighted by Gasteiger charge is -2.33. The topological polar surface area (TPSA) is 83.2 Å². The number of furan rings is 1. The lowest BCUT2D eigenvalue weighted by atomic mass is 10.0. The summed E-state index contributed by atoms with van der Waals surface area (Å²) in [6.07, 6.45) is 5.66. The number of hydrogen-bond acceptors (Lipinski definition) is 8. The van der Waals surface area contributed by atoms with Crippen LogP contribution in [0, 0.1) is 13.8 Å². The van der Waals surface area contributed by atoms with Gasteiger partial charge >= 0.3 is 0 Å². The van der Waals surface area contributed by atoms with Crippen LogP contribution in [-0.4, -0.2) is 57.6 Å². The average molecular weight is 534 g/mol. The van der Waals surface area contributed by atoms with E-state index in [1.165, 1.54) is 0 Å². The molecule has 5 aromatic rings. The van der Waals surface area contributed by atoms with Crippen molar-refractivity contribution in [3.05, 3.63) is 84.1 Å². The summed E-state index contributed by atoms with van der Waals surface area (Å²) in [6, 6.07) is 16.7. The summed E-state index contributed by atoms with van der Waals surface area (Å²) in [5, 5.41) is 4.68. The third kappa shape index (κ3) is 5.40. The van der Waals surface area contributed by atoms with Crippen molar-refractivity contribution in [2.45, 2.75) is 33.7 Å². The van der Waals surface area contributed by atoms with E-state index in [0.29, 0.717) is 0 Å². The molecule has 4 heterocycles. The van der Waals surface area contributed by atoms with E-state index in [4.69, 9.17) is 19.4 Å². The van der Waals surface area contributed by atoms with Crippen LogP contribution in [0.2, 0.25) is 0 Å². The minimum Gasteiger partial charge on any atom is -0.464 e. The smallest absolute Gasteiger partial charge is 0.225 e. The Morgan fingerprint density at radius 3 is 2.48 bits per heavy atom. The van der Waals surface area contributed by atoms with Crippen molar-refractivity contribution in [3.63, 3.8) is 0 Å². The number of nitrogens with one attached hydrogen (secondary N) is 1. The fourth-order valence-electron chi connectivity index (χ4n) is 5.30. The molecule has 0 aliphatic carbocycles. The molecule has 1 saturated heterocycles. The molecule has 3 aromatic heterocycles. The molecule has 1 unspecified atom stereocenters. The first-order chi connectivity index (χ1) is 19.5. The van der Waals surface area contributed by atoms with Gasteiger partial charge in [0.1, 0.15) is 17.2 Å². The number of piperazine rings is 1. The summed E-state index contributed by atoms with van der Waals surface area (Å²) in [7, 11) is 0. The number of fused-ring (bicyclic) bond motifs is 1. The summed E-state index contributed by atoms with van der Waals surface area (Å²) in [5.41, 5.74) is 7.18. The molecular formula is C32H35N7O. The standard InChI is InChI=1S/C32H35N7O/c1-5-38-11-13-39(14-12-38)32-33-18-27(19-34-32)25-8-6-7-24(15-25)22(3)35-31-17-29(36-23(4)37-31)26-9-10-30-28(16-26)21(2)20-40-30/h6-10,15-20,22H,5,11-14H2,1-4H3,(H,35,36,37). The molecule has 6 rings (SSSR count). The van der Waals surface area contributed by atoms with E-state index < -0.39 is 0 Å². The van der Waals surface area contributed by atoms with Crippen LogP contribution in [0.15, 0.2) is 71.6 Å². The van der Waals surface area contributed by atoms with E-state index in [9.17, 15) is 0 Å². The Morgan fingerprint density at radius 2 is 1.70 bits per heavy atom. The molecule has 2 aromatic carbocycles. The van der Waals surface area contributed by atoms with Gasteiger partial charge in [-0.05, 0) is 68.3 Å². The first-order valence-electron chi connectivity index (χ1n) is 14.0. The van der Waals surface area contributed by atoms with Gasteiger partial charge in [-0.2, -0.15) is 0 Å². The maximum absolute atomic E-state index is 5.61. The van der Waals surface area contributed by atoms with Crippen LogP contribution in [0.1, 0.15) is 36.8 Å². The van der Waals surface area contributed by atoms with Gasteiger partial charge in [0.25, 0.3) is 0 Å². The number of likely N-dealkylation sites (N-methyl/N-ethyl adjacent to an activating group) is 1. The Labute approximate surface area is 235 Å². The van der Waals surface area contributed by atoms with Crippen LogP contribution in [0.3, 0.4) is 0 Å². The lowest BCUT2D eigenvalue weighted by Crippen LogP contribution is -2.46. The van der Waals surface area contributed by atoms with Crippen molar-refractivity contribution in [2.24, 2.45) is 0 Å². The van der Waals surface area contributed by atoms with Crippen molar-refractivity contribution in [1.82, 2.24) is 24.8 Å². The van der Waals surface area contributed by atoms with Crippen LogP contribution in [-0.2, 0) is 0 Å². The minimum absolute atomic E-state index is 0.0377. The summed E-state index contributed by atoms with van der Waals surface area (Å²) in [6.45, 7) is 13.5. The molecule has 0 bridgehead atoms. The van der Waals surface area contributed by atoms with Crippen LogP contribution in [0.5, 0.6) is 0 Å². The minimum atomic E-state index is 0.0377. The molecule has 0 saturated carbocycles. The number of nitrogens with zero attached hydrogens (tertiary/aromatic N) is 6. The van der Waals surface area contributed by atoms with Gasteiger partial charge < -0.3 is 19.5 Å². The Kier molecular flexibility index (Phi) is 7.17. The highest BCUT2D eigenvalue weighted by Crippen LogP contribution is 2.29. The molecule has 1 aliphatic heterocycles. The average Bonchev–Trinajstić information content (AvgIpc) is 3.37. The molecule has 8 nitrogen and oxygen atoms in total. The molecule has 1 aliphatic rings. The molecule has 0 amide bonds. The van der Waals surface area contributed by atoms with Crippen LogP contribution in [0.25, 0.3) is 33.4 Å². The highest BCUT2D eigenvalue weighted by Gasteiger charge is 2.18. The predicted molar refractivity (Wildman–Crippen MR) is 161 cm³/mol. The zero-order valence-electron chi connectivity index (χ0n) is 23.6. The Hall–Kier alpha value is -4.30. The maximum Gasteiger partial charge on any atom is 0.225 e. The van der Waals surface area contributed by atoms with Gasteiger partial charge in [-0.25, -0.2) is 19.9 Å². The Balaban J connectivity index is 1.18. The number of benzene rings is 2. The van der Waals surface area contributed by atoms with Gasteiger partial charge in [0.15, 0.2) is 0 Å². The van der Waals surface area contributed by atoms with Crippen molar-refractivity contribution < 1.29 is 4.42 Å². The van der Waals surface area contributed by atoms with E-state index in [0.717, 1.165) is 94.8 Å².